The summed E-state index contributed by atoms with van der Waals surface area (Å²) in [5.41, 5.74) is 1.02. The largest absolute Gasteiger partial charge is 0.494 e. The van der Waals surface area contributed by atoms with Crippen LogP contribution in [0.25, 0.3) is 10.8 Å². The molecule has 0 unspecified atom stereocenters. The molecule has 1 aromatic heterocycles. The molecular weight excluding hydrogens is 314 g/mol. The monoisotopic (exact) mass is 337 g/mol. The molecule has 25 heavy (non-hydrogen) atoms. The molecule has 0 aliphatic heterocycles. The fourth-order valence-corrected chi connectivity index (χ4v) is 2.51. The van der Waals surface area contributed by atoms with Gasteiger partial charge in [-0.05, 0) is 35.4 Å². The van der Waals surface area contributed by atoms with E-state index in [1.165, 1.54) is 10.8 Å². The van der Waals surface area contributed by atoms with Gasteiger partial charge >= 0.3 is 0 Å². The number of rotatable bonds is 7. The number of ether oxygens (including phenoxy) is 1. The molecule has 0 saturated heterocycles. The van der Waals surface area contributed by atoms with Crippen LogP contribution in [0.4, 0.5) is 0 Å². The number of hydrogen-bond donors (Lipinski definition) is 3. The Bertz CT molecular complexity index is 814. The molecule has 0 bridgehead atoms. The second-order valence-electron chi connectivity index (χ2n) is 5.65. The van der Waals surface area contributed by atoms with Gasteiger partial charge in [0.1, 0.15) is 5.75 Å². The van der Waals surface area contributed by atoms with Crippen LogP contribution in [0.5, 0.6) is 5.75 Å². The van der Waals surface area contributed by atoms with Crippen molar-refractivity contribution in [2.45, 2.75) is 13.0 Å². The highest BCUT2D eigenvalue weighted by atomic mass is 16.5. The molecule has 0 aliphatic rings. The lowest BCUT2D eigenvalue weighted by Crippen LogP contribution is -2.37. The lowest BCUT2D eigenvalue weighted by molar-refractivity contribution is 0.311. The number of guanidine groups is 1. The minimum absolute atomic E-state index is 0.656. The van der Waals surface area contributed by atoms with E-state index in [0.29, 0.717) is 13.2 Å². The molecule has 0 fully saturated rings. The summed E-state index contributed by atoms with van der Waals surface area (Å²) in [5, 5.41) is 15.7. The van der Waals surface area contributed by atoms with E-state index in [4.69, 9.17) is 4.74 Å². The minimum Gasteiger partial charge on any atom is -0.494 e. The first kappa shape index (κ1) is 16.8. The Kier molecular flexibility index (Phi) is 5.87. The summed E-state index contributed by atoms with van der Waals surface area (Å²) in [6.45, 7) is 2.10. The molecule has 6 heteroatoms. The van der Waals surface area contributed by atoms with Crippen molar-refractivity contribution < 1.29 is 4.74 Å². The molecule has 130 valence electrons. The van der Waals surface area contributed by atoms with Crippen molar-refractivity contribution in [1.29, 1.82) is 0 Å². The van der Waals surface area contributed by atoms with Gasteiger partial charge in [-0.2, -0.15) is 5.10 Å². The van der Waals surface area contributed by atoms with E-state index < -0.39 is 0 Å². The van der Waals surface area contributed by atoms with E-state index in [9.17, 15) is 0 Å². The summed E-state index contributed by atoms with van der Waals surface area (Å²) in [6.07, 6.45) is 2.62. The van der Waals surface area contributed by atoms with E-state index in [-0.39, 0.29) is 0 Å². The molecule has 0 radical (unpaired) electrons. The number of aromatic nitrogens is 2. The summed E-state index contributed by atoms with van der Waals surface area (Å²) in [4.78, 5) is 4.20. The zero-order chi connectivity index (χ0) is 17.3. The third-order valence-corrected chi connectivity index (χ3v) is 3.83. The van der Waals surface area contributed by atoms with Crippen molar-refractivity contribution in [2.24, 2.45) is 4.99 Å². The molecule has 0 atom stereocenters. The lowest BCUT2D eigenvalue weighted by atomic mass is 10.1. The summed E-state index contributed by atoms with van der Waals surface area (Å²) in [7, 11) is 1.76. The van der Waals surface area contributed by atoms with Crippen LogP contribution in [0.2, 0.25) is 0 Å². The zero-order valence-electron chi connectivity index (χ0n) is 14.3. The zero-order valence-corrected chi connectivity index (χ0v) is 14.3. The van der Waals surface area contributed by atoms with Gasteiger partial charge in [-0.1, -0.05) is 30.3 Å². The molecule has 3 N–H and O–H groups in total. The molecule has 1 heterocycles. The summed E-state index contributed by atoms with van der Waals surface area (Å²) < 4.78 is 5.83. The Morgan fingerprint density at radius 3 is 2.80 bits per heavy atom. The molecular formula is C19H23N5O. The minimum atomic E-state index is 0.656. The quantitative estimate of drug-likeness (QED) is 0.352. The van der Waals surface area contributed by atoms with E-state index in [1.54, 1.807) is 13.2 Å². The van der Waals surface area contributed by atoms with E-state index in [0.717, 1.165) is 30.4 Å². The van der Waals surface area contributed by atoms with Crippen LogP contribution in [0, 0.1) is 0 Å². The highest BCUT2D eigenvalue weighted by molar-refractivity contribution is 5.83. The van der Waals surface area contributed by atoms with E-state index >= 15 is 0 Å². The van der Waals surface area contributed by atoms with Gasteiger partial charge in [0, 0.05) is 19.8 Å². The van der Waals surface area contributed by atoms with Gasteiger partial charge in [0.05, 0.1) is 18.8 Å². The van der Waals surface area contributed by atoms with Gasteiger partial charge in [-0.25, -0.2) is 0 Å². The number of fused-ring (bicyclic) bond motifs is 1. The number of benzene rings is 2. The van der Waals surface area contributed by atoms with E-state index in [1.807, 2.05) is 24.3 Å². The Hall–Kier alpha value is -3.02. The van der Waals surface area contributed by atoms with Crippen molar-refractivity contribution >= 4 is 16.7 Å². The normalized spacial score (nSPS) is 11.5. The fraction of sp³-hybridized carbons (Fsp3) is 0.263. The SMILES string of the molecule is CN=C(NCCCOc1ccc2ccccc2c1)NCc1ccn[nH]1. The first-order valence-electron chi connectivity index (χ1n) is 8.39. The number of aliphatic imine (C=N–C) groups is 1. The average molecular weight is 337 g/mol. The predicted octanol–water partition coefficient (Wildman–Crippen LogP) is 2.70. The Balaban J connectivity index is 1.37. The maximum Gasteiger partial charge on any atom is 0.191 e. The first-order valence-corrected chi connectivity index (χ1v) is 8.39. The number of aromatic amines is 1. The van der Waals surface area contributed by atoms with Crippen molar-refractivity contribution in [1.82, 2.24) is 20.8 Å². The van der Waals surface area contributed by atoms with Crippen LogP contribution >= 0.6 is 0 Å². The lowest BCUT2D eigenvalue weighted by Gasteiger charge is -2.12. The van der Waals surface area contributed by atoms with Crippen LogP contribution in [-0.4, -0.2) is 36.4 Å². The third kappa shape index (κ3) is 4.97. The van der Waals surface area contributed by atoms with Crippen LogP contribution in [0.3, 0.4) is 0 Å². The van der Waals surface area contributed by atoms with Gasteiger partial charge in [0.2, 0.25) is 0 Å². The molecule has 3 aromatic rings. The number of nitrogens with zero attached hydrogens (tertiary/aromatic N) is 2. The maximum atomic E-state index is 5.83. The predicted molar refractivity (Wildman–Crippen MR) is 101 cm³/mol. The standard InChI is InChI=1S/C19H23N5O/c1-20-19(22-14-17-9-11-23-24-17)21-10-4-12-25-18-8-7-15-5-2-3-6-16(15)13-18/h2-3,5-9,11,13H,4,10,12,14H2,1H3,(H,23,24)(H2,20,21,22). The number of nitrogens with one attached hydrogen (secondary N) is 3. The van der Waals surface area contributed by atoms with Crippen LogP contribution in [0.15, 0.2) is 59.7 Å². The van der Waals surface area contributed by atoms with Crippen LogP contribution in [0.1, 0.15) is 12.1 Å². The smallest absolute Gasteiger partial charge is 0.191 e. The molecule has 3 rings (SSSR count). The second-order valence-corrected chi connectivity index (χ2v) is 5.65. The van der Waals surface area contributed by atoms with Crippen molar-refractivity contribution in [2.75, 3.05) is 20.2 Å². The summed E-state index contributed by atoms with van der Waals surface area (Å²) in [6, 6.07) is 16.4. The summed E-state index contributed by atoms with van der Waals surface area (Å²) in [5.74, 6) is 1.67. The Morgan fingerprint density at radius 1 is 1.12 bits per heavy atom. The first-order chi connectivity index (χ1) is 12.3. The molecule has 0 saturated carbocycles. The van der Waals surface area contributed by atoms with Gasteiger partial charge in [0.15, 0.2) is 5.96 Å². The average Bonchev–Trinajstić information content (AvgIpc) is 3.17. The number of H-pyrrole nitrogens is 1. The molecule has 0 aliphatic carbocycles. The van der Waals surface area contributed by atoms with Gasteiger partial charge in [-0.3, -0.25) is 10.1 Å². The highest BCUT2D eigenvalue weighted by Crippen LogP contribution is 2.20. The van der Waals surface area contributed by atoms with Crippen molar-refractivity contribution in [3.8, 4) is 5.75 Å². The highest BCUT2D eigenvalue weighted by Gasteiger charge is 2.00. The third-order valence-electron chi connectivity index (χ3n) is 3.83. The topological polar surface area (TPSA) is 74.3 Å². The van der Waals surface area contributed by atoms with Crippen molar-refractivity contribution in [3.63, 3.8) is 0 Å². The van der Waals surface area contributed by atoms with Gasteiger partial charge in [0.25, 0.3) is 0 Å². The second kappa shape index (κ2) is 8.73. The van der Waals surface area contributed by atoms with Crippen LogP contribution in [-0.2, 0) is 6.54 Å². The van der Waals surface area contributed by atoms with Crippen LogP contribution < -0.4 is 15.4 Å². The van der Waals surface area contributed by atoms with Gasteiger partial charge in [-0.15, -0.1) is 0 Å². The van der Waals surface area contributed by atoms with Crippen molar-refractivity contribution in [3.05, 3.63) is 60.4 Å². The number of hydrogen-bond acceptors (Lipinski definition) is 3. The molecule has 6 nitrogen and oxygen atoms in total. The van der Waals surface area contributed by atoms with Gasteiger partial charge < -0.3 is 15.4 Å². The molecule has 0 amide bonds. The Morgan fingerprint density at radius 2 is 2.00 bits per heavy atom. The summed E-state index contributed by atoms with van der Waals surface area (Å²) >= 11 is 0. The maximum absolute atomic E-state index is 5.83. The molecule has 0 spiro atoms. The fourth-order valence-electron chi connectivity index (χ4n) is 2.51. The molecule has 2 aromatic carbocycles. The Labute approximate surface area is 147 Å². The van der Waals surface area contributed by atoms with E-state index in [2.05, 4.69) is 50.1 Å².